The van der Waals surface area contributed by atoms with Crippen molar-refractivity contribution in [2.45, 2.75) is 20.8 Å². The van der Waals surface area contributed by atoms with Gasteiger partial charge in [-0.25, -0.2) is 0 Å². The minimum Gasteiger partial charge on any atom is -0.496 e. The number of aryl methyl sites for hydroxylation is 3. The summed E-state index contributed by atoms with van der Waals surface area (Å²) in [6.07, 6.45) is 0. The molecule has 148 valence electrons. The number of ether oxygens (including phenoxy) is 1. The Kier molecular flexibility index (Phi) is 6.35. The molecule has 0 saturated carbocycles. The van der Waals surface area contributed by atoms with Crippen molar-refractivity contribution in [1.29, 1.82) is 0 Å². The minimum absolute atomic E-state index is 0.0229. The molecule has 0 spiro atoms. The number of rotatable bonds is 6. The molecule has 0 bridgehead atoms. The van der Waals surface area contributed by atoms with Crippen molar-refractivity contribution < 1.29 is 19.2 Å². The van der Waals surface area contributed by atoms with Crippen LogP contribution in [0.2, 0.25) is 0 Å². The number of hydrogen-bond acceptors (Lipinski definition) is 5. The molecule has 2 rings (SSSR count). The Morgan fingerprint density at radius 2 is 1.75 bits per heavy atom. The number of nitrogens with zero attached hydrogens (tertiary/aromatic N) is 2. The molecule has 0 saturated heterocycles. The fraction of sp³-hybridized carbons (Fsp3) is 0.300. The lowest BCUT2D eigenvalue weighted by Crippen LogP contribution is -2.35. The summed E-state index contributed by atoms with van der Waals surface area (Å²) in [5, 5.41) is 13.8. The first kappa shape index (κ1) is 20.9. The molecule has 0 unspecified atom stereocenters. The summed E-state index contributed by atoms with van der Waals surface area (Å²) in [6, 6.07) is 7.68. The molecular formula is C20H23N3O5. The summed E-state index contributed by atoms with van der Waals surface area (Å²) in [4.78, 5) is 36.7. The van der Waals surface area contributed by atoms with Crippen molar-refractivity contribution in [3.05, 3.63) is 62.7 Å². The Morgan fingerprint density at radius 1 is 1.14 bits per heavy atom. The van der Waals surface area contributed by atoms with Gasteiger partial charge in [0.2, 0.25) is 5.91 Å². The Bertz CT molecular complexity index is 916. The average molecular weight is 385 g/mol. The summed E-state index contributed by atoms with van der Waals surface area (Å²) in [6.45, 7) is 5.57. The first-order valence-electron chi connectivity index (χ1n) is 8.59. The van der Waals surface area contributed by atoms with Gasteiger partial charge in [-0.1, -0.05) is 17.7 Å². The van der Waals surface area contributed by atoms with E-state index in [1.807, 2.05) is 32.9 Å². The predicted molar refractivity (Wildman–Crippen MR) is 106 cm³/mol. The number of carbonyl (C=O) groups is 2. The van der Waals surface area contributed by atoms with E-state index in [0.717, 1.165) is 22.8 Å². The smallest absolute Gasteiger partial charge is 0.270 e. The van der Waals surface area contributed by atoms with Gasteiger partial charge in [0.1, 0.15) is 5.75 Å². The van der Waals surface area contributed by atoms with Crippen molar-refractivity contribution in [3.8, 4) is 5.75 Å². The largest absolute Gasteiger partial charge is 0.496 e. The number of methoxy groups -OCH3 is 1. The van der Waals surface area contributed by atoms with Crippen molar-refractivity contribution in [3.63, 3.8) is 0 Å². The summed E-state index contributed by atoms with van der Waals surface area (Å²) in [5.41, 5.74) is 3.46. The van der Waals surface area contributed by atoms with Crippen LogP contribution in [0.5, 0.6) is 5.75 Å². The van der Waals surface area contributed by atoms with E-state index in [9.17, 15) is 19.7 Å². The quantitative estimate of drug-likeness (QED) is 0.607. The second kappa shape index (κ2) is 8.51. The van der Waals surface area contributed by atoms with Crippen LogP contribution in [0.3, 0.4) is 0 Å². The van der Waals surface area contributed by atoms with Gasteiger partial charge in [-0.05, 0) is 38.0 Å². The molecule has 2 aromatic carbocycles. The van der Waals surface area contributed by atoms with Crippen LogP contribution in [0, 0.1) is 30.9 Å². The van der Waals surface area contributed by atoms with Crippen LogP contribution >= 0.6 is 0 Å². The third-order valence-corrected chi connectivity index (χ3v) is 4.29. The highest BCUT2D eigenvalue weighted by molar-refractivity contribution is 6.01. The van der Waals surface area contributed by atoms with Crippen LogP contribution in [-0.4, -0.2) is 42.3 Å². The topological polar surface area (TPSA) is 102 Å². The van der Waals surface area contributed by atoms with Crippen molar-refractivity contribution in [2.24, 2.45) is 0 Å². The fourth-order valence-corrected chi connectivity index (χ4v) is 3.03. The maximum Gasteiger partial charge on any atom is 0.270 e. The SMILES string of the molecule is COc1ccc([N+](=O)[O-])cc1C(=O)N(C)CC(=O)Nc1c(C)cc(C)cc1C. The first-order chi connectivity index (χ1) is 13.1. The van der Waals surface area contributed by atoms with Gasteiger partial charge in [0.25, 0.3) is 11.6 Å². The molecule has 2 amide bonds. The van der Waals surface area contributed by atoms with E-state index in [-0.39, 0.29) is 29.5 Å². The molecule has 0 aromatic heterocycles. The zero-order valence-electron chi connectivity index (χ0n) is 16.5. The number of benzene rings is 2. The third kappa shape index (κ3) is 4.64. The molecular weight excluding hydrogens is 362 g/mol. The number of nitro benzene ring substituents is 1. The van der Waals surface area contributed by atoms with Crippen molar-refractivity contribution >= 4 is 23.2 Å². The van der Waals surface area contributed by atoms with Gasteiger partial charge in [-0.3, -0.25) is 19.7 Å². The van der Waals surface area contributed by atoms with Gasteiger partial charge >= 0.3 is 0 Å². The zero-order valence-corrected chi connectivity index (χ0v) is 16.5. The number of anilines is 1. The van der Waals surface area contributed by atoms with Crippen LogP contribution in [0.4, 0.5) is 11.4 Å². The van der Waals surface area contributed by atoms with Crippen LogP contribution in [0.15, 0.2) is 30.3 Å². The van der Waals surface area contributed by atoms with Crippen molar-refractivity contribution in [1.82, 2.24) is 4.90 Å². The Morgan fingerprint density at radius 3 is 2.29 bits per heavy atom. The lowest BCUT2D eigenvalue weighted by molar-refractivity contribution is -0.384. The maximum atomic E-state index is 12.7. The summed E-state index contributed by atoms with van der Waals surface area (Å²) < 4.78 is 5.12. The van der Waals surface area contributed by atoms with Gasteiger partial charge in [0.05, 0.1) is 24.1 Å². The van der Waals surface area contributed by atoms with E-state index in [1.54, 1.807) is 0 Å². The highest BCUT2D eigenvalue weighted by atomic mass is 16.6. The van der Waals surface area contributed by atoms with Gasteiger partial charge in [-0.2, -0.15) is 0 Å². The average Bonchev–Trinajstić information content (AvgIpc) is 2.63. The monoisotopic (exact) mass is 385 g/mol. The maximum absolute atomic E-state index is 12.7. The number of nitrogens with one attached hydrogen (secondary N) is 1. The first-order valence-corrected chi connectivity index (χ1v) is 8.59. The molecule has 0 aliphatic rings. The number of carbonyl (C=O) groups excluding carboxylic acids is 2. The Labute approximate surface area is 163 Å². The number of hydrogen-bond donors (Lipinski definition) is 1. The van der Waals surface area contributed by atoms with E-state index in [2.05, 4.69) is 5.32 Å². The Hall–Kier alpha value is -3.42. The van der Waals surface area contributed by atoms with E-state index in [4.69, 9.17) is 4.74 Å². The molecule has 0 radical (unpaired) electrons. The number of nitro groups is 1. The van der Waals surface area contributed by atoms with Gasteiger partial charge in [0.15, 0.2) is 0 Å². The van der Waals surface area contributed by atoms with Crippen LogP contribution < -0.4 is 10.1 Å². The lowest BCUT2D eigenvalue weighted by atomic mass is 10.1. The molecule has 0 aliphatic carbocycles. The van der Waals surface area contributed by atoms with Gasteiger partial charge in [0, 0.05) is 24.9 Å². The molecule has 8 nitrogen and oxygen atoms in total. The molecule has 1 N–H and O–H groups in total. The van der Waals surface area contributed by atoms with Crippen LogP contribution in [-0.2, 0) is 4.79 Å². The summed E-state index contributed by atoms with van der Waals surface area (Å²) >= 11 is 0. The zero-order chi connectivity index (χ0) is 21.0. The number of non-ortho nitro benzene ring substituents is 1. The minimum atomic E-state index is -0.591. The predicted octanol–water partition coefficient (Wildman–Crippen LogP) is 3.24. The second-order valence-electron chi connectivity index (χ2n) is 6.62. The van der Waals surface area contributed by atoms with E-state index in [1.165, 1.54) is 31.2 Å². The van der Waals surface area contributed by atoms with Gasteiger partial charge in [-0.15, -0.1) is 0 Å². The van der Waals surface area contributed by atoms with E-state index >= 15 is 0 Å². The number of likely N-dealkylation sites (N-methyl/N-ethyl adjacent to an activating group) is 1. The molecule has 0 atom stereocenters. The molecule has 0 heterocycles. The number of amides is 2. The third-order valence-electron chi connectivity index (χ3n) is 4.29. The normalized spacial score (nSPS) is 10.3. The molecule has 0 aliphatic heterocycles. The van der Waals surface area contributed by atoms with Crippen LogP contribution in [0.1, 0.15) is 27.0 Å². The van der Waals surface area contributed by atoms with Crippen LogP contribution in [0.25, 0.3) is 0 Å². The van der Waals surface area contributed by atoms with Crippen molar-refractivity contribution in [2.75, 3.05) is 26.0 Å². The standard InChI is InChI=1S/C20H23N3O5/c1-12-8-13(2)19(14(3)9-12)21-18(24)11-22(4)20(25)16-10-15(23(26)27)6-7-17(16)28-5/h6-10H,11H2,1-5H3,(H,21,24). The van der Waals surface area contributed by atoms with E-state index in [0.29, 0.717) is 5.69 Å². The molecule has 2 aromatic rings. The summed E-state index contributed by atoms with van der Waals surface area (Å²) in [5.74, 6) is -0.712. The molecule has 0 fully saturated rings. The summed E-state index contributed by atoms with van der Waals surface area (Å²) in [7, 11) is 2.82. The highest BCUT2D eigenvalue weighted by Gasteiger charge is 2.22. The van der Waals surface area contributed by atoms with E-state index < -0.39 is 10.8 Å². The lowest BCUT2D eigenvalue weighted by Gasteiger charge is -2.19. The van der Waals surface area contributed by atoms with Gasteiger partial charge < -0.3 is 15.0 Å². The fourth-order valence-electron chi connectivity index (χ4n) is 3.03. The Balaban J connectivity index is 2.17. The second-order valence-corrected chi connectivity index (χ2v) is 6.62. The molecule has 28 heavy (non-hydrogen) atoms. The molecule has 8 heteroatoms. The highest BCUT2D eigenvalue weighted by Crippen LogP contribution is 2.25.